The highest BCUT2D eigenvalue weighted by atomic mass is 16.5. The molecule has 0 atom stereocenters. The maximum Gasteiger partial charge on any atom is 0.331 e. The third-order valence-corrected chi connectivity index (χ3v) is 3.53. The highest BCUT2D eigenvalue weighted by Crippen LogP contribution is 2.32. The number of amides is 1. The molecule has 0 bridgehead atoms. The van der Waals surface area contributed by atoms with Gasteiger partial charge in [0.1, 0.15) is 6.54 Å². The lowest BCUT2D eigenvalue weighted by Gasteiger charge is -2.29. The first-order valence-electron chi connectivity index (χ1n) is 7.35. The van der Waals surface area contributed by atoms with Crippen molar-refractivity contribution in [3.05, 3.63) is 53.9 Å². The molecule has 2 heterocycles. The Balaban J connectivity index is 1.67. The lowest BCUT2D eigenvalue weighted by Crippen LogP contribution is -2.43. The fraction of sp³-hybridized carbons (Fsp3) is 0.235. The number of esters is 1. The van der Waals surface area contributed by atoms with Crippen molar-refractivity contribution in [3.8, 4) is 5.75 Å². The number of hydrogen-bond acceptors (Lipinski definition) is 5. The third-order valence-electron chi connectivity index (χ3n) is 3.53. The maximum absolute atomic E-state index is 12.2. The maximum atomic E-state index is 12.2. The Kier molecular flexibility index (Phi) is 4.23. The van der Waals surface area contributed by atoms with Crippen molar-refractivity contribution < 1.29 is 14.3 Å². The topological polar surface area (TPSA) is 71.5 Å². The molecule has 1 aliphatic heterocycles. The molecule has 1 amide bonds. The molecular formula is C17H17N3O3. The van der Waals surface area contributed by atoms with Crippen molar-refractivity contribution in [1.82, 2.24) is 10.3 Å². The second-order valence-electron chi connectivity index (χ2n) is 5.40. The second kappa shape index (κ2) is 6.48. The minimum absolute atomic E-state index is 0.0630. The number of aryl methyl sites for hydroxylation is 1. The summed E-state index contributed by atoms with van der Waals surface area (Å²) in [5.74, 6) is -0.0407. The zero-order chi connectivity index (χ0) is 16.2. The van der Waals surface area contributed by atoms with Crippen molar-refractivity contribution in [3.63, 3.8) is 0 Å². The van der Waals surface area contributed by atoms with E-state index in [2.05, 4.69) is 10.3 Å². The van der Waals surface area contributed by atoms with Gasteiger partial charge in [0.05, 0.1) is 24.5 Å². The molecule has 0 saturated carbocycles. The summed E-state index contributed by atoms with van der Waals surface area (Å²) in [6, 6.07) is 11.1. The quantitative estimate of drug-likeness (QED) is 0.683. The molecule has 0 fully saturated rings. The number of hydrogen-bond donors (Lipinski definition) is 1. The molecule has 0 radical (unpaired) electrons. The summed E-state index contributed by atoms with van der Waals surface area (Å²) in [4.78, 5) is 29.7. The smallest absolute Gasteiger partial charge is 0.331 e. The lowest BCUT2D eigenvalue weighted by atomic mass is 10.1. The normalized spacial score (nSPS) is 13.3. The molecule has 0 unspecified atom stereocenters. The first-order valence-corrected chi connectivity index (χ1v) is 7.35. The summed E-state index contributed by atoms with van der Waals surface area (Å²) in [6.45, 7) is 2.47. The van der Waals surface area contributed by atoms with Crippen LogP contribution in [0.1, 0.15) is 11.3 Å². The number of fused-ring (bicyclic) bond motifs is 1. The SMILES string of the molecule is Cc1ccc2c(c1)N(CC(=O)NCc1ccccn1)CC(=O)O2. The zero-order valence-corrected chi connectivity index (χ0v) is 12.8. The highest BCUT2D eigenvalue weighted by molar-refractivity contribution is 5.89. The zero-order valence-electron chi connectivity index (χ0n) is 12.8. The summed E-state index contributed by atoms with van der Waals surface area (Å²) < 4.78 is 5.21. The first kappa shape index (κ1) is 15.0. The van der Waals surface area contributed by atoms with Crippen LogP contribution in [0.25, 0.3) is 0 Å². The van der Waals surface area contributed by atoms with Gasteiger partial charge in [0, 0.05) is 6.20 Å². The molecule has 1 aliphatic rings. The number of anilines is 1. The number of carbonyl (C=O) groups is 2. The van der Waals surface area contributed by atoms with Crippen molar-refractivity contribution >= 4 is 17.6 Å². The van der Waals surface area contributed by atoms with Crippen molar-refractivity contribution in [1.29, 1.82) is 0 Å². The number of ether oxygens (including phenoxy) is 1. The molecule has 23 heavy (non-hydrogen) atoms. The van der Waals surface area contributed by atoms with Gasteiger partial charge in [-0.15, -0.1) is 0 Å². The lowest BCUT2D eigenvalue weighted by molar-refractivity contribution is -0.133. The summed E-state index contributed by atoms with van der Waals surface area (Å²) in [5, 5.41) is 2.81. The van der Waals surface area contributed by atoms with Gasteiger partial charge in [0.25, 0.3) is 0 Å². The van der Waals surface area contributed by atoms with E-state index in [1.807, 2.05) is 37.3 Å². The number of benzene rings is 1. The van der Waals surface area contributed by atoms with Gasteiger partial charge >= 0.3 is 5.97 Å². The van der Waals surface area contributed by atoms with Gasteiger partial charge in [0.15, 0.2) is 5.75 Å². The molecule has 0 saturated heterocycles. The largest absolute Gasteiger partial charge is 0.423 e. The van der Waals surface area contributed by atoms with Gasteiger partial charge in [0.2, 0.25) is 5.91 Å². The molecule has 118 valence electrons. The number of nitrogens with one attached hydrogen (secondary N) is 1. The van der Waals surface area contributed by atoms with E-state index >= 15 is 0 Å². The predicted octanol–water partition coefficient (Wildman–Crippen LogP) is 1.43. The molecule has 0 spiro atoms. The summed E-state index contributed by atoms with van der Waals surface area (Å²) in [7, 11) is 0. The van der Waals surface area contributed by atoms with Crippen LogP contribution in [-0.2, 0) is 16.1 Å². The van der Waals surface area contributed by atoms with E-state index in [0.717, 1.165) is 16.9 Å². The molecule has 6 nitrogen and oxygen atoms in total. The van der Waals surface area contributed by atoms with E-state index in [1.165, 1.54) is 0 Å². The van der Waals surface area contributed by atoms with Crippen LogP contribution in [0.4, 0.5) is 5.69 Å². The Hall–Kier alpha value is -2.89. The fourth-order valence-electron chi connectivity index (χ4n) is 2.42. The molecule has 0 aliphatic carbocycles. The van der Waals surface area contributed by atoms with Crippen molar-refractivity contribution in [2.45, 2.75) is 13.5 Å². The van der Waals surface area contributed by atoms with Crippen LogP contribution in [-0.4, -0.2) is 29.9 Å². The summed E-state index contributed by atoms with van der Waals surface area (Å²) >= 11 is 0. The molecule has 1 aromatic carbocycles. The van der Waals surface area contributed by atoms with Crippen LogP contribution in [0.3, 0.4) is 0 Å². The molecule has 1 aromatic heterocycles. The van der Waals surface area contributed by atoms with E-state index in [1.54, 1.807) is 17.2 Å². The minimum Gasteiger partial charge on any atom is -0.423 e. The molecule has 6 heteroatoms. The summed E-state index contributed by atoms with van der Waals surface area (Å²) in [5.41, 5.74) is 2.59. The van der Waals surface area contributed by atoms with Crippen LogP contribution in [0.2, 0.25) is 0 Å². The number of nitrogens with zero attached hydrogens (tertiary/aromatic N) is 2. The summed E-state index contributed by atoms with van der Waals surface area (Å²) in [6.07, 6.45) is 1.68. The van der Waals surface area contributed by atoms with Crippen LogP contribution in [0.15, 0.2) is 42.6 Å². The van der Waals surface area contributed by atoms with Gasteiger partial charge < -0.3 is 15.0 Å². The Bertz CT molecular complexity index is 731. The second-order valence-corrected chi connectivity index (χ2v) is 5.40. The average Bonchev–Trinajstić information content (AvgIpc) is 2.54. The van der Waals surface area contributed by atoms with Crippen LogP contribution < -0.4 is 15.0 Å². The van der Waals surface area contributed by atoms with E-state index in [0.29, 0.717) is 12.3 Å². The number of carbonyl (C=O) groups excluding carboxylic acids is 2. The van der Waals surface area contributed by atoms with Crippen LogP contribution in [0.5, 0.6) is 5.75 Å². The predicted molar refractivity (Wildman–Crippen MR) is 85.1 cm³/mol. The van der Waals surface area contributed by atoms with Crippen molar-refractivity contribution in [2.24, 2.45) is 0 Å². The van der Waals surface area contributed by atoms with Gasteiger partial charge in [-0.3, -0.25) is 9.78 Å². The standard InChI is InChI=1S/C17H17N3O3/c1-12-5-6-15-14(8-12)20(11-17(22)23-15)10-16(21)19-9-13-4-2-3-7-18-13/h2-8H,9-11H2,1H3,(H,19,21). The fourth-order valence-corrected chi connectivity index (χ4v) is 2.42. The molecule has 1 N–H and O–H groups in total. The van der Waals surface area contributed by atoms with Crippen LogP contribution in [0, 0.1) is 6.92 Å². The van der Waals surface area contributed by atoms with E-state index in [4.69, 9.17) is 4.74 Å². The van der Waals surface area contributed by atoms with Crippen molar-refractivity contribution in [2.75, 3.05) is 18.0 Å². The molecule has 3 rings (SSSR count). The average molecular weight is 311 g/mol. The van der Waals surface area contributed by atoms with E-state index < -0.39 is 0 Å². The molecule has 2 aromatic rings. The van der Waals surface area contributed by atoms with Gasteiger partial charge in [-0.2, -0.15) is 0 Å². The molecular weight excluding hydrogens is 294 g/mol. The Morgan fingerprint density at radius 1 is 1.35 bits per heavy atom. The van der Waals surface area contributed by atoms with E-state index in [-0.39, 0.29) is 25.0 Å². The third kappa shape index (κ3) is 3.66. The Morgan fingerprint density at radius 2 is 2.22 bits per heavy atom. The van der Waals surface area contributed by atoms with Gasteiger partial charge in [-0.25, -0.2) is 4.79 Å². The monoisotopic (exact) mass is 311 g/mol. The number of aromatic nitrogens is 1. The first-order chi connectivity index (χ1) is 11.1. The Morgan fingerprint density at radius 3 is 3.00 bits per heavy atom. The number of pyridine rings is 1. The number of rotatable bonds is 4. The van der Waals surface area contributed by atoms with Gasteiger partial charge in [-0.1, -0.05) is 12.1 Å². The van der Waals surface area contributed by atoms with Crippen LogP contribution >= 0.6 is 0 Å². The highest BCUT2D eigenvalue weighted by Gasteiger charge is 2.25. The minimum atomic E-state index is -0.362. The van der Waals surface area contributed by atoms with Gasteiger partial charge in [-0.05, 0) is 36.8 Å². The van der Waals surface area contributed by atoms with E-state index in [9.17, 15) is 9.59 Å². The Labute approximate surface area is 134 Å².